The molecule has 8 heavy (non-hydrogen) atoms. The molecular formula is C5H11NO2. The van der Waals surface area contributed by atoms with E-state index in [-0.39, 0.29) is 0 Å². The van der Waals surface area contributed by atoms with Crippen molar-refractivity contribution in [2.75, 3.05) is 6.54 Å². The average Bonchev–Trinajstić information content (AvgIpc) is 1.83. The number of aldehydes is 1. The van der Waals surface area contributed by atoms with Crippen LogP contribution in [0.15, 0.2) is 0 Å². The molecule has 0 aromatic rings. The number of hydrogen-bond donors (Lipinski definition) is 2. The summed E-state index contributed by atoms with van der Waals surface area (Å²) in [5.41, 5.74) is 5.10. The quantitative estimate of drug-likeness (QED) is 0.478. The van der Waals surface area contributed by atoms with Crippen molar-refractivity contribution in [3.05, 3.63) is 0 Å². The first kappa shape index (κ1) is 7.59. The minimum Gasteiger partial charge on any atom is -0.386 e. The molecule has 0 saturated carbocycles. The first-order chi connectivity index (χ1) is 3.81. The fourth-order valence-corrected chi connectivity index (χ4v) is 0.395. The maximum absolute atomic E-state index is 9.72. The summed E-state index contributed by atoms with van der Waals surface area (Å²) in [5.74, 6) is 0. The topological polar surface area (TPSA) is 63.3 Å². The van der Waals surface area contributed by atoms with Crippen LogP contribution in [0.25, 0.3) is 0 Å². The molecule has 0 aliphatic rings. The third kappa shape index (κ3) is 3.77. The van der Waals surface area contributed by atoms with Crippen molar-refractivity contribution in [2.45, 2.75) is 18.9 Å². The van der Waals surface area contributed by atoms with Crippen LogP contribution in [0.1, 0.15) is 12.8 Å². The Labute approximate surface area is 48.5 Å². The number of carbonyl (C=O) groups is 1. The van der Waals surface area contributed by atoms with Gasteiger partial charge in [0.25, 0.3) is 0 Å². The predicted molar refractivity (Wildman–Crippen MR) is 30.4 cm³/mol. The number of hydrogen-bond acceptors (Lipinski definition) is 3. The van der Waals surface area contributed by atoms with Gasteiger partial charge in [-0.3, -0.25) is 0 Å². The van der Waals surface area contributed by atoms with Gasteiger partial charge in [-0.05, 0) is 19.4 Å². The van der Waals surface area contributed by atoms with Crippen molar-refractivity contribution in [2.24, 2.45) is 5.73 Å². The Hall–Kier alpha value is -0.410. The van der Waals surface area contributed by atoms with Crippen LogP contribution in [0.2, 0.25) is 0 Å². The van der Waals surface area contributed by atoms with Gasteiger partial charge in [-0.25, -0.2) is 0 Å². The zero-order valence-electron chi connectivity index (χ0n) is 4.71. The zero-order chi connectivity index (χ0) is 6.41. The summed E-state index contributed by atoms with van der Waals surface area (Å²) in [6.45, 7) is 0.533. The molecular weight excluding hydrogens is 106 g/mol. The van der Waals surface area contributed by atoms with Gasteiger partial charge < -0.3 is 15.6 Å². The summed E-state index contributed by atoms with van der Waals surface area (Å²) in [4.78, 5) is 9.72. The number of nitrogens with two attached hydrogens (primary N) is 1. The summed E-state index contributed by atoms with van der Waals surface area (Å²) in [7, 11) is 0. The maximum atomic E-state index is 9.72. The molecule has 0 heterocycles. The zero-order valence-corrected chi connectivity index (χ0v) is 4.71. The van der Waals surface area contributed by atoms with Crippen molar-refractivity contribution in [3.8, 4) is 0 Å². The van der Waals surface area contributed by atoms with E-state index in [0.29, 0.717) is 25.7 Å². The minimum atomic E-state index is -0.807. The molecule has 0 saturated heterocycles. The molecule has 0 rings (SSSR count). The van der Waals surface area contributed by atoms with Crippen LogP contribution in [-0.2, 0) is 4.79 Å². The second-order valence-electron chi connectivity index (χ2n) is 1.63. The lowest BCUT2D eigenvalue weighted by molar-refractivity contribution is -0.115. The molecule has 3 heteroatoms. The van der Waals surface area contributed by atoms with Crippen LogP contribution in [0.3, 0.4) is 0 Å². The van der Waals surface area contributed by atoms with E-state index in [4.69, 9.17) is 10.8 Å². The number of rotatable bonds is 4. The third-order valence-electron chi connectivity index (χ3n) is 0.861. The van der Waals surface area contributed by atoms with E-state index in [1.165, 1.54) is 0 Å². The highest BCUT2D eigenvalue weighted by molar-refractivity contribution is 5.55. The van der Waals surface area contributed by atoms with Crippen molar-refractivity contribution < 1.29 is 9.90 Å². The maximum Gasteiger partial charge on any atom is 0.148 e. The van der Waals surface area contributed by atoms with E-state index in [1.807, 2.05) is 0 Å². The van der Waals surface area contributed by atoms with E-state index < -0.39 is 6.10 Å². The first-order valence-electron chi connectivity index (χ1n) is 2.64. The molecule has 0 bridgehead atoms. The Morgan fingerprint density at radius 2 is 2.38 bits per heavy atom. The molecule has 0 aliphatic heterocycles. The highest BCUT2D eigenvalue weighted by Gasteiger charge is 1.97. The summed E-state index contributed by atoms with van der Waals surface area (Å²) >= 11 is 0. The largest absolute Gasteiger partial charge is 0.386 e. The van der Waals surface area contributed by atoms with Gasteiger partial charge in [0.2, 0.25) is 0 Å². The minimum absolute atomic E-state index is 0.486. The Balaban J connectivity index is 2.98. The van der Waals surface area contributed by atoms with Crippen molar-refractivity contribution in [1.29, 1.82) is 0 Å². The highest BCUT2D eigenvalue weighted by Crippen LogP contribution is 1.89. The lowest BCUT2D eigenvalue weighted by atomic mass is 10.2. The number of aliphatic hydroxyl groups is 1. The van der Waals surface area contributed by atoms with Crippen LogP contribution in [0.4, 0.5) is 0 Å². The van der Waals surface area contributed by atoms with Crippen LogP contribution in [0, 0.1) is 0 Å². The lowest BCUT2D eigenvalue weighted by Gasteiger charge is -1.97. The second kappa shape index (κ2) is 4.74. The van der Waals surface area contributed by atoms with Gasteiger partial charge in [0, 0.05) is 0 Å². The van der Waals surface area contributed by atoms with E-state index >= 15 is 0 Å². The van der Waals surface area contributed by atoms with Gasteiger partial charge in [-0.15, -0.1) is 0 Å². The summed E-state index contributed by atoms with van der Waals surface area (Å²) in [5, 5.41) is 8.57. The van der Waals surface area contributed by atoms with Gasteiger partial charge in [-0.2, -0.15) is 0 Å². The molecule has 3 nitrogen and oxygen atoms in total. The standard InChI is InChI=1S/C5H11NO2/c6-3-1-2-5(8)4-7/h4-5,8H,1-3,6H2/t5-/m0/s1. The summed E-state index contributed by atoms with van der Waals surface area (Å²) < 4.78 is 0. The second-order valence-corrected chi connectivity index (χ2v) is 1.63. The molecule has 3 N–H and O–H groups in total. The van der Waals surface area contributed by atoms with Gasteiger partial charge in [-0.1, -0.05) is 0 Å². The van der Waals surface area contributed by atoms with Crippen molar-refractivity contribution in [1.82, 2.24) is 0 Å². The Bertz CT molecular complexity index is 65.4. The summed E-state index contributed by atoms with van der Waals surface area (Å²) in [6.07, 6.45) is 0.911. The van der Waals surface area contributed by atoms with Crippen LogP contribution >= 0.6 is 0 Å². The van der Waals surface area contributed by atoms with Crippen LogP contribution in [-0.4, -0.2) is 24.0 Å². The van der Waals surface area contributed by atoms with E-state index in [0.717, 1.165) is 0 Å². The van der Waals surface area contributed by atoms with E-state index in [2.05, 4.69) is 0 Å². The van der Waals surface area contributed by atoms with Crippen molar-refractivity contribution in [3.63, 3.8) is 0 Å². The van der Waals surface area contributed by atoms with Crippen LogP contribution < -0.4 is 5.73 Å². The van der Waals surface area contributed by atoms with Crippen molar-refractivity contribution >= 4 is 6.29 Å². The molecule has 0 unspecified atom stereocenters. The Kier molecular flexibility index (Phi) is 4.50. The summed E-state index contributed by atoms with van der Waals surface area (Å²) in [6, 6.07) is 0. The Morgan fingerprint density at radius 3 is 2.75 bits per heavy atom. The van der Waals surface area contributed by atoms with E-state index in [9.17, 15) is 4.79 Å². The smallest absolute Gasteiger partial charge is 0.148 e. The highest BCUT2D eigenvalue weighted by atomic mass is 16.3. The molecule has 0 aliphatic carbocycles. The SMILES string of the molecule is NCCC[C@H](O)C=O. The average molecular weight is 117 g/mol. The molecule has 0 aromatic heterocycles. The van der Waals surface area contributed by atoms with Gasteiger partial charge in [0.05, 0.1) is 0 Å². The van der Waals surface area contributed by atoms with Crippen LogP contribution in [0.5, 0.6) is 0 Å². The first-order valence-corrected chi connectivity index (χ1v) is 2.64. The third-order valence-corrected chi connectivity index (χ3v) is 0.861. The van der Waals surface area contributed by atoms with Gasteiger partial charge in [0.1, 0.15) is 12.4 Å². The van der Waals surface area contributed by atoms with E-state index in [1.54, 1.807) is 0 Å². The fraction of sp³-hybridized carbons (Fsp3) is 0.800. The molecule has 0 radical (unpaired) electrons. The molecule has 0 aromatic carbocycles. The van der Waals surface area contributed by atoms with Gasteiger partial charge >= 0.3 is 0 Å². The number of aliphatic hydroxyl groups excluding tert-OH is 1. The monoisotopic (exact) mass is 117 g/mol. The molecule has 0 amide bonds. The number of carbonyl (C=O) groups excluding carboxylic acids is 1. The lowest BCUT2D eigenvalue weighted by Crippen LogP contribution is -2.10. The molecule has 1 atom stereocenters. The molecule has 0 fully saturated rings. The molecule has 48 valence electrons. The normalized spacial score (nSPS) is 13.2. The van der Waals surface area contributed by atoms with Gasteiger partial charge in [0.15, 0.2) is 0 Å². The Morgan fingerprint density at radius 1 is 1.75 bits per heavy atom. The fourth-order valence-electron chi connectivity index (χ4n) is 0.395. The molecule has 0 spiro atoms. The predicted octanol–water partition coefficient (Wildman–Crippen LogP) is -0.715.